The molecule has 168 valence electrons. The van der Waals surface area contributed by atoms with E-state index in [0.29, 0.717) is 43.6 Å². The fraction of sp³-hybridized carbons (Fsp3) is 0.300. The highest BCUT2D eigenvalue weighted by Gasteiger charge is 2.32. The molecule has 1 saturated heterocycles. The summed E-state index contributed by atoms with van der Waals surface area (Å²) in [7, 11) is 0. The number of alkyl halides is 3. The number of urea groups is 1. The van der Waals surface area contributed by atoms with E-state index in [0.717, 1.165) is 6.07 Å². The van der Waals surface area contributed by atoms with Crippen LogP contribution in [-0.4, -0.2) is 63.2 Å². The molecule has 0 spiro atoms. The number of aromatic nitrogens is 4. The fourth-order valence-electron chi connectivity index (χ4n) is 3.34. The van der Waals surface area contributed by atoms with Crippen molar-refractivity contribution in [1.29, 1.82) is 0 Å². The summed E-state index contributed by atoms with van der Waals surface area (Å²) >= 11 is 0. The topological polar surface area (TPSA) is 88.4 Å². The molecule has 3 aromatic rings. The van der Waals surface area contributed by atoms with E-state index >= 15 is 0 Å². The van der Waals surface area contributed by atoms with Gasteiger partial charge in [-0.1, -0.05) is 12.1 Å². The molecule has 32 heavy (non-hydrogen) atoms. The predicted molar refractivity (Wildman–Crippen MR) is 110 cm³/mol. The van der Waals surface area contributed by atoms with E-state index < -0.39 is 18.1 Å². The molecule has 2 amide bonds. The van der Waals surface area contributed by atoms with Crippen molar-refractivity contribution < 1.29 is 22.7 Å². The van der Waals surface area contributed by atoms with Crippen LogP contribution in [0.3, 0.4) is 0 Å². The number of halogens is 3. The van der Waals surface area contributed by atoms with Gasteiger partial charge in [0.25, 0.3) is 0 Å². The second kappa shape index (κ2) is 8.73. The van der Waals surface area contributed by atoms with Crippen LogP contribution in [-0.2, 0) is 0 Å². The Labute approximate surface area is 181 Å². The monoisotopic (exact) mass is 447 g/mol. The molecule has 3 heterocycles. The molecule has 0 atom stereocenters. The first-order valence-corrected chi connectivity index (χ1v) is 9.80. The number of benzene rings is 1. The maximum Gasteiger partial charge on any atom is 0.573 e. The largest absolute Gasteiger partial charge is 0.573 e. The Kier molecular flexibility index (Phi) is 5.84. The second-order valence-corrected chi connectivity index (χ2v) is 7.03. The van der Waals surface area contributed by atoms with Crippen molar-refractivity contribution in [3.05, 3.63) is 54.6 Å². The predicted octanol–water partition coefficient (Wildman–Crippen LogP) is 3.22. The molecule has 1 aromatic carbocycles. The smallest absolute Gasteiger partial charge is 0.404 e. The zero-order valence-electron chi connectivity index (χ0n) is 17.1. The fourth-order valence-corrected chi connectivity index (χ4v) is 3.34. The van der Waals surface area contributed by atoms with E-state index in [4.69, 9.17) is 0 Å². The zero-order chi connectivity index (χ0) is 22.7. The van der Waals surface area contributed by atoms with Gasteiger partial charge in [0.1, 0.15) is 11.6 Å². The Balaban J connectivity index is 1.40. The lowest BCUT2D eigenvalue weighted by atomic mass is 10.3. The number of amides is 2. The molecular formula is C20H20F3N7O2. The van der Waals surface area contributed by atoms with Crippen LogP contribution in [0.5, 0.6) is 5.75 Å². The van der Waals surface area contributed by atoms with Crippen LogP contribution < -0.4 is 15.0 Å². The minimum atomic E-state index is -4.85. The number of hydrogen-bond donors (Lipinski definition) is 1. The number of carbonyl (C=O) groups excluding carboxylic acids is 1. The minimum absolute atomic E-state index is 0.0486. The van der Waals surface area contributed by atoms with Crippen LogP contribution in [0.1, 0.15) is 5.82 Å². The van der Waals surface area contributed by atoms with Crippen molar-refractivity contribution in [3.63, 3.8) is 0 Å². The Hall–Kier alpha value is -3.83. The number of ether oxygens (including phenoxy) is 1. The average Bonchev–Trinajstić information content (AvgIpc) is 3.29. The normalized spacial score (nSPS) is 14.4. The highest BCUT2D eigenvalue weighted by molar-refractivity contribution is 5.91. The zero-order valence-corrected chi connectivity index (χ0v) is 17.1. The molecule has 1 N–H and O–H groups in total. The van der Waals surface area contributed by atoms with Gasteiger partial charge in [-0.2, -0.15) is 5.10 Å². The highest BCUT2D eigenvalue weighted by atomic mass is 19.4. The number of nitrogens with one attached hydrogen (secondary N) is 1. The van der Waals surface area contributed by atoms with E-state index in [-0.39, 0.29) is 5.69 Å². The lowest BCUT2D eigenvalue weighted by molar-refractivity contribution is -0.274. The molecule has 0 bridgehead atoms. The first kappa shape index (κ1) is 21.4. The summed E-state index contributed by atoms with van der Waals surface area (Å²) in [4.78, 5) is 25.0. The number of carbonyl (C=O) groups is 1. The Morgan fingerprint density at radius 1 is 1.06 bits per heavy atom. The molecular weight excluding hydrogens is 427 g/mol. The lowest BCUT2D eigenvalue weighted by Crippen LogP contribution is -2.50. The summed E-state index contributed by atoms with van der Waals surface area (Å²) in [6.45, 7) is 3.54. The minimum Gasteiger partial charge on any atom is -0.404 e. The molecule has 9 nitrogen and oxygen atoms in total. The Bertz CT molecular complexity index is 1080. The van der Waals surface area contributed by atoms with Gasteiger partial charge in [0, 0.05) is 44.6 Å². The van der Waals surface area contributed by atoms with Gasteiger partial charge in [-0.3, -0.25) is 0 Å². The molecule has 2 aromatic heterocycles. The highest BCUT2D eigenvalue weighted by Crippen LogP contribution is 2.30. The van der Waals surface area contributed by atoms with E-state index in [9.17, 15) is 18.0 Å². The second-order valence-electron chi connectivity index (χ2n) is 7.03. The van der Waals surface area contributed by atoms with Gasteiger partial charge in [-0.25, -0.2) is 19.4 Å². The van der Waals surface area contributed by atoms with Crippen LogP contribution in [0.4, 0.5) is 29.5 Å². The third kappa shape index (κ3) is 5.07. The van der Waals surface area contributed by atoms with Gasteiger partial charge in [0.2, 0.25) is 0 Å². The van der Waals surface area contributed by atoms with Crippen LogP contribution in [0, 0.1) is 6.92 Å². The van der Waals surface area contributed by atoms with Crippen molar-refractivity contribution in [3.8, 4) is 11.6 Å². The van der Waals surface area contributed by atoms with E-state index in [2.05, 4.69) is 25.1 Å². The summed E-state index contributed by atoms with van der Waals surface area (Å²) in [5.74, 6) is 1.48. The number of piperazine rings is 1. The number of rotatable bonds is 4. The number of aryl methyl sites for hydroxylation is 1. The van der Waals surface area contributed by atoms with Gasteiger partial charge in [0.15, 0.2) is 11.6 Å². The first-order chi connectivity index (χ1) is 15.3. The number of para-hydroxylation sites is 2. The summed E-state index contributed by atoms with van der Waals surface area (Å²) < 4.78 is 43.4. The van der Waals surface area contributed by atoms with Crippen LogP contribution >= 0.6 is 0 Å². The summed E-state index contributed by atoms with van der Waals surface area (Å²) in [6.07, 6.45) is -1.41. The first-order valence-electron chi connectivity index (χ1n) is 9.80. The molecule has 0 radical (unpaired) electrons. The van der Waals surface area contributed by atoms with Crippen molar-refractivity contribution in [2.75, 3.05) is 36.4 Å². The van der Waals surface area contributed by atoms with E-state index in [1.807, 2.05) is 11.0 Å². The number of nitrogens with zero attached hydrogens (tertiary/aromatic N) is 6. The van der Waals surface area contributed by atoms with Gasteiger partial charge in [-0.15, -0.1) is 13.2 Å². The Morgan fingerprint density at radius 3 is 2.47 bits per heavy atom. The summed E-state index contributed by atoms with van der Waals surface area (Å²) in [6, 6.07) is 8.54. The molecule has 1 aliphatic heterocycles. The molecule has 1 fully saturated rings. The van der Waals surface area contributed by atoms with E-state index in [1.165, 1.54) is 23.1 Å². The van der Waals surface area contributed by atoms with E-state index in [1.54, 1.807) is 30.1 Å². The SMILES string of the molecule is Cc1nc(N2CCN(C(=O)Nc3ccccc3OC(F)(F)F)CC2)cc(-n2cccn2)n1. The number of anilines is 2. The van der Waals surface area contributed by atoms with Gasteiger partial charge in [0.05, 0.1) is 5.69 Å². The molecule has 0 aliphatic carbocycles. The molecule has 0 saturated carbocycles. The van der Waals surface area contributed by atoms with Gasteiger partial charge in [-0.05, 0) is 25.1 Å². The molecule has 1 aliphatic rings. The molecule has 12 heteroatoms. The van der Waals surface area contributed by atoms with Crippen molar-refractivity contribution in [1.82, 2.24) is 24.6 Å². The Morgan fingerprint density at radius 2 is 1.78 bits per heavy atom. The third-order valence-corrected chi connectivity index (χ3v) is 4.80. The maximum atomic E-state index is 12.6. The standard InChI is InChI=1S/C20H20F3N7O2/c1-14-25-17(13-18(26-14)30-8-4-7-24-30)28-9-11-29(12-10-28)19(31)27-15-5-2-3-6-16(15)32-20(21,22)23/h2-8,13H,9-12H2,1H3,(H,27,31). The van der Waals surface area contributed by atoms with Crippen molar-refractivity contribution in [2.45, 2.75) is 13.3 Å². The average molecular weight is 447 g/mol. The third-order valence-electron chi connectivity index (χ3n) is 4.80. The summed E-state index contributed by atoms with van der Waals surface area (Å²) in [5.41, 5.74) is -0.0486. The van der Waals surface area contributed by atoms with Gasteiger partial charge < -0.3 is 19.9 Å². The van der Waals surface area contributed by atoms with Crippen LogP contribution in [0.15, 0.2) is 48.8 Å². The van der Waals surface area contributed by atoms with Crippen LogP contribution in [0.25, 0.3) is 5.82 Å². The molecule has 4 rings (SSSR count). The van der Waals surface area contributed by atoms with Crippen molar-refractivity contribution >= 4 is 17.5 Å². The maximum absolute atomic E-state index is 12.6. The quantitative estimate of drug-likeness (QED) is 0.661. The van der Waals surface area contributed by atoms with Gasteiger partial charge >= 0.3 is 12.4 Å². The summed E-state index contributed by atoms with van der Waals surface area (Å²) in [5, 5.41) is 6.68. The van der Waals surface area contributed by atoms with Crippen LogP contribution in [0.2, 0.25) is 0 Å². The van der Waals surface area contributed by atoms with Crippen molar-refractivity contribution in [2.24, 2.45) is 0 Å². The molecule has 0 unspecified atom stereocenters. The lowest BCUT2D eigenvalue weighted by Gasteiger charge is -2.35. The number of hydrogen-bond acceptors (Lipinski definition) is 6.